The molecular weight excluding hydrogens is 168 g/mol. The summed E-state index contributed by atoms with van der Waals surface area (Å²) in [4.78, 5) is 2.21. The van der Waals surface area contributed by atoms with Gasteiger partial charge in [0.25, 0.3) is 0 Å². The van der Waals surface area contributed by atoms with Gasteiger partial charge < -0.3 is 4.90 Å². The Bertz CT molecular complexity index is 168. The van der Waals surface area contributed by atoms with E-state index in [2.05, 4.69) is 25.7 Å². The van der Waals surface area contributed by atoms with Crippen LogP contribution in [0.25, 0.3) is 0 Å². The van der Waals surface area contributed by atoms with Gasteiger partial charge in [-0.3, -0.25) is 5.41 Å². The SMILES string of the molecule is CC1CN(C(=N)C(C)C)CCS1. The van der Waals surface area contributed by atoms with Crippen LogP contribution in [0.3, 0.4) is 0 Å². The lowest BCUT2D eigenvalue weighted by atomic mass is 10.1. The first-order valence-electron chi connectivity index (χ1n) is 4.56. The standard InChI is InChI=1S/C9H18N2S/c1-7(2)9(10)11-4-5-12-8(3)6-11/h7-8,10H,4-6H2,1-3H3. The summed E-state index contributed by atoms with van der Waals surface area (Å²) in [7, 11) is 0. The van der Waals surface area contributed by atoms with Crippen LogP contribution in [0.2, 0.25) is 0 Å². The molecule has 2 nitrogen and oxygen atoms in total. The maximum Gasteiger partial charge on any atom is 0.0984 e. The Morgan fingerprint density at radius 1 is 1.58 bits per heavy atom. The van der Waals surface area contributed by atoms with Crippen molar-refractivity contribution < 1.29 is 0 Å². The summed E-state index contributed by atoms with van der Waals surface area (Å²) >= 11 is 2.01. The maximum atomic E-state index is 7.84. The zero-order chi connectivity index (χ0) is 9.14. The van der Waals surface area contributed by atoms with E-state index in [0.717, 1.165) is 18.9 Å². The number of hydrogen-bond acceptors (Lipinski definition) is 2. The third-order valence-electron chi connectivity index (χ3n) is 2.13. The quantitative estimate of drug-likeness (QED) is 0.501. The first-order chi connectivity index (χ1) is 5.61. The predicted molar refractivity (Wildman–Crippen MR) is 56.1 cm³/mol. The number of nitrogens with zero attached hydrogens (tertiary/aromatic N) is 1. The normalized spacial score (nSPS) is 24.7. The second-order valence-corrected chi connectivity index (χ2v) is 5.21. The summed E-state index contributed by atoms with van der Waals surface area (Å²) in [5.74, 6) is 2.36. The molecule has 0 aromatic heterocycles. The van der Waals surface area contributed by atoms with Crippen molar-refractivity contribution >= 4 is 17.6 Å². The van der Waals surface area contributed by atoms with Crippen LogP contribution >= 0.6 is 11.8 Å². The minimum Gasteiger partial charge on any atom is -0.358 e. The van der Waals surface area contributed by atoms with Gasteiger partial charge in [-0.2, -0.15) is 11.8 Å². The molecule has 1 fully saturated rings. The van der Waals surface area contributed by atoms with Gasteiger partial charge in [0.05, 0.1) is 5.84 Å². The van der Waals surface area contributed by atoms with Crippen molar-refractivity contribution in [3.8, 4) is 0 Å². The van der Waals surface area contributed by atoms with Crippen molar-refractivity contribution in [2.45, 2.75) is 26.0 Å². The molecule has 0 spiro atoms. The van der Waals surface area contributed by atoms with Crippen LogP contribution in [-0.2, 0) is 0 Å². The molecule has 1 aliphatic rings. The summed E-state index contributed by atoms with van der Waals surface area (Å²) in [5, 5.41) is 8.54. The Balaban J connectivity index is 2.46. The van der Waals surface area contributed by atoms with Crippen LogP contribution in [0, 0.1) is 11.3 Å². The van der Waals surface area contributed by atoms with Gasteiger partial charge in [-0.1, -0.05) is 20.8 Å². The fourth-order valence-electron chi connectivity index (χ4n) is 1.40. The van der Waals surface area contributed by atoms with E-state index in [9.17, 15) is 0 Å². The van der Waals surface area contributed by atoms with Gasteiger partial charge in [0.1, 0.15) is 0 Å². The zero-order valence-corrected chi connectivity index (χ0v) is 8.95. The van der Waals surface area contributed by atoms with E-state index < -0.39 is 0 Å². The van der Waals surface area contributed by atoms with Crippen molar-refractivity contribution in [2.75, 3.05) is 18.8 Å². The molecule has 0 aromatic carbocycles. The van der Waals surface area contributed by atoms with E-state index in [1.807, 2.05) is 11.8 Å². The Kier molecular flexibility index (Phi) is 3.44. The van der Waals surface area contributed by atoms with E-state index in [0.29, 0.717) is 11.2 Å². The van der Waals surface area contributed by atoms with Gasteiger partial charge in [0.15, 0.2) is 0 Å². The molecule has 1 unspecified atom stereocenters. The molecule has 12 heavy (non-hydrogen) atoms. The summed E-state index contributed by atoms with van der Waals surface area (Å²) in [6, 6.07) is 0. The van der Waals surface area contributed by atoms with E-state index in [1.165, 1.54) is 5.75 Å². The Labute approximate surface area is 79.2 Å². The van der Waals surface area contributed by atoms with Gasteiger partial charge in [-0.15, -0.1) is 0 Å². The molecule has 1 N–H and O–H groups in total. The minimum atomic E-state index is 0.375. The molecule has 1 aliphatic heterocycles. The molecule has 0 amide bonds. The van der Waals surface area contributed by atoms with E-state index in [1.54, 1.807) is 0 Å². The van der Waals surface area contributed by atoms with Crippen LogP contribution in [0.5, 0.6) is 0 Å². The van der Waals surface area contributed by atoms with Crippen LogP contribution in [0.4, 0.5) is 0 Å². The predicted octanol–water partition coefficient (Wildman–Crippen LogP) is 2.06. The highest BCUT2D eigenvalue weighted by atomic mass is 32.2. The van der Waals surface area contributed by atoms with E-state index >= 15 is 0 Å². The lowest BCUT2D eigenvalue weighted by molar-refractivity contribution is 0.412. The number of amidine groups is 1. The van der Waals surface area contributed by atoms with Gasteiger partial charge >= 0.3 is 0 Å². The third-order valence-corrected chi connectivity index (χ3v) is 3.27. The highest BCUT2D eigenvalue weighted by Crippen LogP contribution is 2.19. The van der Waals surface area contributed by atoms with Gasteiger partial charge in [-0.25, -0.2) is 0 Å². The first kappa shape index (κ1) is 9.90. The van der Waals surface area contributed by atoms with Gasteiger partial charge in [0, 0.05) is 30.0 Å². The molecule has 70 valence electrons. The van der Waals surface area contributed by atoms with Crippen LogP contribution < -0.4 is 0 Å². The molecule has 0 radical (unpaired) electrons. The Hall–Kier alpha value is -0.180. The van der Waals surface area contributed by atoms with E-state index in [4.69, 9.17) is 5.41 Å². The summed E-state index contributed by atoms with van der Waals surface area (Å²) < 4.78 is 0. The fraction of sp³-hybridized carbons (Fsp3) is 0.889. The van der Waals surface area contributed by atoms with Crippen molar-refractivity contribution in [2.24, 2.45) is 5.92 Å². The lowest BCUT2D eigenvalue weighted by Gasteiger charge is -2.33. The molecule has 0 aromatic rings. The molecule has 0 bridgehead atoms. The Morgan fingerprint density at radius 3 is 2.75 bits per heavy atom. The number of thioether (sulfide) groups is 1. The highest BCUT2D eigenvalue weighted by molar-refractivity contribution is 7.99. The third kappa shape index (κ3) is 2.41. The van der Waals surface area contributed by atoms with Crippen LogP contribution in [0.1, 0.15) is 20.8 Å². The minimum absolute atomic E-state index is 0.375. The van der Waals surface area contributed by atoms with Crippen molar-refractivity contribution in [3.63, 3.8) is 0 Å². The average Bonchev–Trinajstić information content (AvgIpc) is 2.03. The molecule has 0 saturated carbocycles. The largest absolute Gasteiger partial charge is 0.358 e. The molecule has 1 rings (SSSR count). The molecule has 1 heterocycles. The molecule has 3 heteroatoms. The first-order valence-corrected chi connectivity index (χ1v) is 5.61. The van der Waals surface area contributed by atoms with Crippen molar-refractivity contribution in [3.05, 3.63) is 0 Å². The topological polar surface area (TPSA) is 27.1 Å². The van der Waals surface area contributed by atoms with Gasteiger partial charge in [0.2, 0.25) is 0 Å². The number of rotatable bonds is 1. The van der Waals surface area contributed by atoms with Crippen LogP contribution in [-0.4, -0.2) is 34.8 Å². The molecule has 1 atom stereocenters. The monoisotopic (exact) mass is 186 g/mol. The Morgan fingerprint density at radius 2 is 2.25 bits per heavy atom. The number of hydrogen-bond donors (Lipinski definition) is 1. The maximum absolute atomic E-state index is 7.84. The lowest BCUT2D eigenvalue weighted by Crippen LogP contribution is -2.42. The second kappa shape index (κ2) is 4.17. The number of nitrogens with one attached hydrogen (secondary N) is 1. The highest BCUT2D eigenvalue weighted by Gasteiger charge is 2.20. The average molecular weight is 186 g/mol. The van der Waals surface area contributed by atoms with E-state index in [-0.39, 0.29) is 0 Å². The van der Waals surface area contributed by atoms with Gasteiger partial charge in [-0.05, 0) is 0 Å². The van der Waals surface area contributed by atoms with Crippen molar-refractivity contribution in [1.29, 1.82) is 5.41 Å². The smallest absolute Gasteiger partial charge is 0.0984 e. The molecular formula is C9H18N2S. The summed E-state index contributed by atoms with van der Waals surface area (Å²) in [6.07, 6.45) is 0. The zero-order valence-electron chi connectivity index (χ0n) is 8.13. The van der Waals surface area contributed by atoms with Crippen LogP contribution in [0.15, 0.2) is 0 Å². The van der Waals surface area contributed by atoms with Crippen molar-refractivity contribution in [1.82, 2.24) is 4.90 Å². The summed E-state index contributed by atoms with van der Waals surface area (Å²) in [6.45, 7) is 8.54. The molecule has 0 aliphatic carbocycles. The second-order valence-electron chi connectivity index (χ2n) is 3.67. The molecule has 1 saturated heterocycles. The summed E-state index contributed by atoms with van der Waals surface area (Å²) in [5.41, 5.74) is 0. The fourth-order valence-corrected chi connectivity index (χ4v) is 2.42.